The number of halogens is 1. The van der Waals surface area contributed by atoms with E-state index in [1.54, 1.807) is 24.4 Å². The monoisotopic (exact) mass is 333 g/mol. The first-order valence-corrected chi connectivity index (χ1v) is 8.20. The molecule has 3 heteroatoms. The second kappa shape index (κ2) is 7.75. The Morgan fingerprint density at radius 1 is 0.920 bits per heavy atom. The second-order valence-corrected chi connectivity index (χ2v) is 5.94. The maximum Gasteiger partial charge on any atom is 0.129 e. The van der Waals surface area contributed by atoms with E-state index in [2.05, 4.69) is 31.0 Å². The SMILES string of the molecule is Cc1ccc(N=Cc2ccccc2OCc2ccccc2F)cc1C. The minimum atomic E-state index is -0.260. The van der Waals surface area contributed by atoms with Crippen LogP contribution >= 0.6 is 0 Å². The molecule has 25 heavy (non-hydrogen) atoms. The van der Waals surface area contributed by atoms with E-state index in [-0.39, 0.29) is 12.4 Å². The first kappa shape index (κ1) is 16.9. The first-order valence-electron chi connectivity index (χ1n) is 8.20. The molecule has 0 heterocycles. The molecule has 126 valence electrons. The lowest BCUT2D eigenvalue weighted by atomic mass is 10.1. The molecule has 3 rings (SSSR count). The Labute approximate surface area is 147 Å². The van der Waals surface area contributed by atoms with Crippen LogP contribution in [0.5, 0.6) is 5.75 Å². The fourth-order valence-corrected chi connectivity index (χ4v) is 2.44. The van der Waals surface area contributed by atoms with Crippen molar-refractivity contribution in [3.63, 3.8) is 0 Å². The van der Waals surface area contributed by atoms with Gasteiger partial charge in [0, 0.05) is 17.3 Å². The lowest BCUT2D eigenvalue weighted by Crippen LogP contribution is -2.00. The number of hydrogen-bond acceptors (Lipinski definition) is 2. The second-order valence-electron chi connectivity index (χ2n) is 5.94. The summed E-state index contributed by atoms with van der Waals surface area (Å²) in [7, 11) is 0. The molecule has 0 unspecified atom stereocenters. The molecule has 3 aromatic rings. The zero-order chi connectivity index (χ0) is 17.6. The van der Waals surface area contributed by atoms with E-state index in [9.17, 15) is 4.39 Å². The Morgan fingerprint density at radius 2 is 1.68 bits per heavy atom. The smallest absolute Gasteiger partial charge is 0.129 e. The van der Waals surface area contributed by atoms with Gasteiger partial charge in [0.2, 0.25) is 0 Å². The van der Waals surface area contributed by atoms with E-state index >= 15 is 0 Å². The van der Waals surface area contributed by atoms with Gasteiger partial charge < -0.3 is 4.74 Å². The molecule has 0 atom stereocenters. The van der Waals surface area contributed by atoms with Gasteiger partial charge in [0.1, 0.15) is 18.2 Å². The summed E-state index contributed by atoms with van der Waals surface area (Å²) >= 11 is 0. The molecular formula is C22H20FNO. The molecule has 0 aliphatic heterocycles. The van der Waals surface area contributed by atoms with Gasteiger partial charge in [-0.2, -0.15) is 0 Å². The summed E-state index contributed by atoms with van der Waals surface area (Å²) in [5.74, 6) is 0.419. The van der Waals surface area contributed by atoms with Crippen molar-refractivity contribution in [1.29, 1.82) is 0 Å². The number of nitrogens with zero attached hydrogens (tertiary/aromatic N) is 1. The van der Waals surface area contributed by atoms with E-state index in [0.717, 1.165) is 11.3 Å². The molecule has 0 radical (unpaired) electrons. The largest absolute Gasteiger partial charge is 0.488 e. The number of para-hydroxylation sites is 1. The third kappa shape index (κ3) is 4.32. The average molecular weight is 333 g/mol. The predicted molar refractivity (Wildman–Crippen MR) is 100 cm³/mol. The molecule has 0 aliphatic carbocycles. The van der Waals surface area contributed by atoms with Crippen LogP contribution in [-0.2, 0) is 6.61 Å². The van der Waals surface area contributed by atoms with Gasteiger partial charge in [0.15, 0.2) is 0 Å². The standard InChI is InChI=1S/C22H20FNO/c1-16-11-12-20(13-17(16)2)24-14-18-7-4-6-10-22(18)25-15-19-8-3-5-9-21(19)23/h3-14H,15H2,1-2H3. The van der Waals surface area contributed by atoms with Crippen LogP contribution in [0.1, 0.15) is 22.3 Å². The molecule has 2 nitrogen and oxygen atoms in total. The Bertz CT molecular complexity index is 902. The lowest BCUT2D eigenvalue weighted by Gasteiger charge is -2.09. The maximum atomic E-state index is 13.7. The highest BCUT2D eigenvalue weighted by atomic mass is 19.1. The minimum Gasteiger partial charge on any atom is -0.488 e. The van der Waals surface area contributed by atoms with Gasteiger partial charge in [-0.05, 0) is 55.3 Å². The Morgan fingerprint density at radius 3 is 2.48 bits per heavy atom. The molecule has 0 aromatic heterocycles. The van der Waals surface area contributed by atoms with Gasteiger partial charge >= 0.3 is 0 Å². The fraction of sp³-hybridized carbons (Fsp3) is 0.136. The number of aliphatic imine (C=N–C) groups is 1. The Hall–Kier alpha value is -2.94. The third-order valence-electron chi connectivity index (χ3n) is 4.10. The summed E-state index contributed by atoms with van der Waals surface area (Å²) in [6.07, 6.45) is 1.78. The van der Waals surface area contributed by atoms with Crippen LogP contribution in [0.2, 0.25) is 0 Å². The summed E-state index contributed by atoms with van der Waals surface area (Å²) in [6.45, 7) is 4.33. The molecule has 0 amide bonds. The third-order valence-corrected chi connectivity index (χ3v) is 4.10. The molecule has 0 saturated carbocycles. The van der Waals surface area contributed by atoms with Gasteiger partial charge in [0.25, 0.3) is 0 Å². The van der Waals surface area contributed by atoms with Crippen molar-refractivity contribution in [2.24, 2.45) is 4.99 Å². The number of ether oxygens (including phenoxy) is 1. The fourth-order valence-electron chi connectivity index (χ4n) is 2.44. The molecule has 0 spiro atoms. The highest BCUT2D eigenvalue weighted by Crippen LogP contribution is 2.21. The molecule has 3 aromatic carbocycles. The van der Waals surface area contributed by atoms with Gasteiger partial charge in [-0.3, -0.25) is 4.99 Å². The molecule has 0 fully saturated rings. The molecule has 0 N–H and O–H groups in total. The van der Waals surface area contributed by atoms with Crippen LogP contribution in [0.15, 0.2) is 71.7 Å². The van der Waals surface area contributed by atoms with E-state index in [0.29, 0.717) is 11.3 Å². The minimum absolute atomic E-state index is 0.182. The molecule has 0 bridgehead atoms. The van der Waals surface area contributed by atoms with Crippen LogP contribution in [0.25, 0.3) is 0 Å². The van der Waals surface area contributed by atoms with E-state index in [4.69, 9.17) is 4.74 Å². The number of hydrogen-bond donors (Lipinski definition) is 0. The molecule has 0 aliphatic rings. The zero-order valence-corrected chi connectivity index (χ0v) is 14.4. The van der Waals surface area contributed by atoms with Crippen LogP contribution in [0.3, 0.4) is 0 Å². The summed E-state index contributed by atoms with van der Waals surface area (Å²) in [5, 5.41) is 0. The summed E-state index contributed by atoms with van der Waals surface area (Å²) in [6, 6.07) is 20.3. The molecule has 0 saturated heterocycles. The van der Waals surface area contributed by atoms with Crippen LogP contribution in [-0.4, -0.2) is 6.21 Å². The van der Waals surface area contributed by atoms with Gasteiger partial charge in [-0.25, -0.2) is 4.39 Å². The van der Waals surface area contributed by atoms with Crippen molar-refractivity contribution in [3.8, 4) is 5.75 Å². The van der Waals surface area contributed by atoms with E-state index in [1.165, 1.54) is 17.2 Å². The van der Waals surface area contributed by atoms with Gasteiger partial charge in [-0.1, -0.05) is 36.4 Å². The van der Waals surface area contributed by atoms with Crippen molar-refractivity contribution in [3.05, 3.63) is 94.8 Å². The Kier molecular flexibility index (Phi) is 5.24. The average Bonchev–Trinajstić information content (AvgIpc) is 2.63. The number of aryl methyl sites for hydroxylation is 2. The molecular weight excluding hydrogens is 313 g/mol. The predicted octanol–water partition coefficient (Wildman–Crippen LogP) is 5.77. The van der Waals surface area contributed by atoms with Crippen molar-refractivity contribution < 1.29 is 9.13 Å². The van der Waals surface area contributed by atoms with Crippen molar-refractivity contribution >= 4 is 11.9 Å². The summed E-state index contributed by atoms with van der Waals surface area (Å²) in [4.78, 5) is 4.53. The van der Waals surface area contributed by atoms with Crippen molar-refractivity contribution in [2.75, 3.05) is 0 Å². The highest BCUT2D eigenvalue weighted by molar-refractivity contribution is 5.85. The maximum absolute atomic E-state index is 13.7. The highest BCUT2D eigenvalue weighted by Gasteiger charge is 2.05. The summed E-state index contributed by atoms with van der Waals surface area (Å²) in [5.41, 5.74) is 4.73. The first-order chi connectivity index (χ1) is 12.1. The zero-order valence-electron chi connectivity index (χ0n) is 14.4. The van der Waals surface area contributed by atoms with Crippen LogP contribution < -0.4 is 4.74 Å². The van der Waals surface area contributed by atoms with E-state index < -0.39 is 0 Å². The number of benzene rings is 3. The van der Waals surface area contributed by atoms with E-state index in [1.807, 2.05) is 30.3 Å². The normalized spacial score (nSPS) is 11.0. The van der Waals surface area contributed by atoms with Gasteiger partial charge in [-0.15, -0.1) is 0 Å². The number of rotatable bonds is 5. The Balaban J connectivity index is 1.77. The van der Waals surface area contributed by atoms with Crippen molar-refractivity contribution in [1.82, 2.24) is 0 Å². The topological polar surface area (TPSA) is 21.6 Å². The van der Waals surface area contributed by atoms with Crippen LogP contribution in [0.4, 0.5) is 10.1 Å². The van der Waals surface area contributed by atoms with Gasteiger partial charge in [0.05, 0.1) is 5.69 Å². The van der Waals surface area contributed by atoms with Crippen molar-refractivity contribution in [2.45, 2.75) is 20.5 Å². The quantitative estimate of drug-likeness (QED) is 0.543. The van der Waals surface area contributed by atoms with Crippen LogP contribution in [0, 0.1) is 19.7 Å². The summed E-state index contributed by atoms with van der Waals surface area (Å²) < 4.78 is 19.5. The lowest BCUT2D eigenvalue weighted by molar-refractivity contribution is 0.299.